The van der Waals surface area contributed by atoms with Gasteiger partial charge in [0, 0.05) is 43.2 Å². The number of hydrogen-bond acceptors (Lipinski definition) is 10. The van der Waals surface area contributed by atoms with Gasteiger partial charge < -0.3 is 19.1 Å². The van der Waals surface area contributed by atoms with Crippen LogP contribution >= 0.6 is 23.4 Å². The van der Waals surface area contributed by atoms with Crippen molar-refractivity contribution in [1.82, 2.24) is 20.2 Å². The van der Waals surface area contributed by atoms with Crippen molar-refractivity contribution in [2.75, 3.05) is 26.1 Å². The Morgan fingerprint density at radius 2 is 1.83 bits per heavy atom. The molecule has 1 N–H and O–H groups in total. The number of ether oxygens (including phenoxy) is 3. The molecule has 4 aromatic rings. The van der Waals surface area contributed by atoms with Gasteiger partial charge >= 0.3 is 0 Å². The van der Waals surface area contributed by atoms with Crippen LogP contribution in [-0.4, -0.2) is 64.7 Å². The number of nitrogens with zero attached hydrogens (tertiary/aromatic N) is 4. The monoisotopic (exact) mass is 753 g/mol. The maximum absolute atomic E-state index is 12.9. The molecule has 0 saturated carbocycles. The lowest BCUT2D eigenvalue weighted by Crippen LogP contribution is -2.52. The Bertz CT molecular complexity index is 2050. The zero-order chi connectivity index (χ0) is 37.5. The number of carbonyl (C=O) groups is 3. The molecule has 274 valence electrons. The number of aromatic nitrogens is 2. The SMILES string of the molecule is CSc1nccc(COc2ccc(C(C)(C)c3cc(Cl)c(OCCCOCCc4ccc5c(c4)CN(C4CCC(=O)NC4=O)C5=O)c(C#N)c3)cc2)n1. The minimum Gasteiger partial charge on any atom is -0.491 e. The molecule has 0 radical (unpaired) electrons. The van der Waals surface area contributed by atoms with Crippen LogP contribution in [0.15, 0.2) is 72.0 Å². The van der Waals surface area contributed by atoms with Crippen molar-refractivity contribution >= 4 is 41.1 Å². The Labute approximate surface area is 318 Å². The van der Waals surface area contributed by atoms with Crippen LogP contribution in [0.5, 0.6) is 11.5 Å². The zero-order valence-corrected chi connectivity index (χ0v) is 31.4. The first-order chi connectivity index (χ1) is 25.6. The van der Waals surface area contributed by atoms with Crippen LogP contribution in [0.1, 0.15) is 77.0 Å². The molecule has 1 unspecified atom stereocenters. The van der Waals surface area contributed by atoms with Crippen LogP contribution < -0.4 is 14.8 Å². The molecule has 13 heteroatoms. The number of nitrogens with one attached hydrogen (secondary N) is 1. The second kappa shape index (κ2) is 16.8. The fraction of sp³-hybridized carbons (Fsp3) is 0.350. The average Bonchev–Trinajstić information content (AvgIpc) is 3.48. The van der Waals surface area contributed by atoms with E-state index in [0.29, 0.717) is 79.3 Å². The molecule has 2 aliphatic rings. The van der Waals surface area contributed by atoms with Gasteiger partial charge in [-0.3, -0.25) is 19.7 Å². The third-order valence-electron chi connectivity index (χ3n) is 9.52. The highest BCUT2D eigenvalue weighted by molar-refractivity contribution is 7.98. The summed E-state index contributed by atoms with van der Waals surface area (Å²) in [6.07, 6.45) is 5.46. The number of hydrogen-bond donors (Lipinski definition) is 1. The van der Waals surface area contributed by atoms with Crippen LogP contribution in [0.2, 0.25) is 5.02 Å². The number of fused-ring (bicyclic) bond motifs is 1. The van der Waals surface area contributed by atoms with E-state index in [0.717, 1.165) is 33.7 Å². The van der Waals surface area contributed by atoms with Gasteiger partial charge in [-0.1, -0.05) is 61.5 Å². The van der Waals surface area contributed by atoms with Crippen molar-refractivity contribution in [2.45, 2.75) is 69.3 Å². The predicted octanol–water partition coefficient (Wildman–Crippen LogP) is 6.42. The molecule has 0 spiro atoms. The van der Waals surface area contributed by atoms with Gasteiger partial charge in [0.15, 0.2) is 10.9 Å². The normalized spacial score (nSPS) is 15.6. The van der Waals surface area contributed by atoms with E-state index >= 15 is 0 Å². The van der Waals surface area contributed by atoms with E-state index in [4.69, 9.17) is 25.8 Å². The van der Waals surface area contributed by atoms with Crippen LogP contribution in [-0.2, 0) is 39.3 Å². The van der Waals surface area contributed by atoms with Crippen LogP contribution in [0.3, 0.4) is 0 Å². The van der Waals surface area contributed by atoms with E-state index in [9.17, 15) is 19.6 Å². The Morgan fingerprint density at radius 1 is 1.02 bits per heavy atom. The molecule has 2 aliphatic heterocycles. The van der Waals surface area contributed by atoms with Crippen molar-refractivity contribution < 1.29 is 28.6 Å². The molecule has 3 heterocycles. The number of carbonyl (C=O) groups excluding carboxylic acids is 3. The molecule has 3 amide bonds. The maximum atomic E-state index is 12.9. The predicted molar refractivity (Wildman–Crippen MR) is 200 cm³/mol. The summed E-state index contributed by atoms with van der Waals surface area (Å²) < 4.78 is 17.8. The highest BCUT2D eigenvalue weighted by Gasteiger charge is 2.39. The minimum atomic E-state index is -0.633. The van der Waals surface area contributed by atoms with E-state index in [1.165, 1.54) is 11.8 Å². The van der Waals surface area contributed by atoms with Gasteiger partial charge in [-0.25, -0.2) is 9.97 Å². The van der Waals surface area contributed by atoms with Crippen molar-refractivity contribution in [1.29, 1.82) is 5.26 Å². The first-order valence-electron chi connectivity index (χ1n) is 17.4. The number of nitriles is 1. The molecular weight excluding hydrogens is 714 g/mol. The van der Waals surface area contributed by atoms with Crippen molar-refractivity contribution in [3.05, 3.63) is 111 Å². The zero-order valence-electron chi connectivity index (χ0n) is 29.8. The third-order valence-corrected chi connectivity index (χ3v) is 10.4. The summed E-state index contributed by atoms with van der Waals surface area (Å²) >= 11 is 8.19. The van der Waals surface area contributed by atoms with E-state index in [1.807, 2.05) is 60.9 Å². The topological polar surface area (TPSA) is 144 Å². The van der Waals surface area contributed by atoms with Crippen molar-refractivity contribution in [3.63, 3.8) is 0 Å². The van der Waals surface area contributed by atoms with E-state index in [2.05, 4.69) is 35.2 Å². The molecule has 1 atom stereocenters. The van der Waals surface area contributed by atoms with Gasteiger partial charge in [0.25, 0.3) is 5.91 Å². The molecule has 0 aliphatic carbocycles. The lowest BCUT2D eigenvalue weighted by atomic mass is 9.77. The molecule has 1 aromatic heterocycles. The van der Waals surface area contributed by atoms with Gasteiger partial charge in [-0.05, 0) is 77.7 Å². The number of thioether (sulfide) groups is 1. The second-order valence-corrected chi connectivity index (χ2v) is 14.6. The molecule has 11 nitrogen and oxygen atoms in total. The van der Waals surface area contributed by atoms with Gasteiger partial charge in [0.2, 0.25) is 11.8 Å². The largest absolute Gasteiger partial charge is 0.491 e. The number of imide groups is 1. The van der Waals surface area contributed by atoms with Crippen LogP contribution in [0.4, 0.5) is 0 Å². The lowest BCUT2D eigenvalue weighted by Gasteiger charge is -2.29. The first-order valence-corrected chi connectivity index (χ1v) is 19.0. The van der Waals surface area contributed by atoms with Crippen molar-refractivity contribution in [3.8, 4) is 17.6 Å². The molecular formula is C40H40ClN5O6S. The van der Waals surface area contributed by atoms with E-state index in [1.54, 1.807) is 17.2 Å². The standard InChI is InChI=1S/C40H40ClN5O6S/c1-40(2,28-6-8-31(9-7-28)52-24-30-13-15-43-39(44-30)53-3)29-20-26(22-42)36(33(41)21-29)51-17-4-16-50-18-14-25-5-10-32-27(19-25)23-46(38(32)49)34-11-12-35(47)45-37(34)48/h5-10,13,15,19-21,34H,4,11-12,14,16-18,23-24H2,1-3H3,(H,45,47,48). The first kappa shape index (κ1) is 37.8. The Morgan fingerprint density at radius 3 is 2.58 bits per heavy atom. The summed E-state index contributed by atoms with van der Waals surface area (Å²) in [5, 5.41) is 13.4. The molecule has 1 saturated heterocycles. The fourth-order valence-electron chi connectivity index (χ4n) is 6.44. The summed E-state index contributed by atoms with van der Waals surface area (Å²) in [6.45, 7) is 6.09. The molecule has 6 rings (SSSR count). The Hall–Kier alpha value is -4.96. The third kappa shape index (κ3) is 8.82. The molecule has 1 fully saturated rings. The van der Waals surface area contributed by atoms with Gasteiger partial charge in [0.1, 0.15) is 24.5 Å². The average molecular weight is 754 g/mol. The number of benzene rings is 3. The molecule has 3 aromatic carbocycles. The fourth-order valence-corrected chi connectivity index (χ4v) is 7.09. The summed E-state index contributed by atoms with van der Waals surface area (Å²) in [4.78, 5) is 47.0. The highest BCUT2D eigenvalue weighted by Crippen LogP contribution is 2.39. The summed E-state index contributed by atoms with van der Waals surface area (Å²) in [6, 6.07) is 20.7. The molecule has 0 bridgehead atoms. The van der Waals surface area contributed by atoms with Gasteiger partial charge in [0.05, 0.1) is 29.5 Å². The lowest BCUT2D eigenvalue weighted by molar-refractivity contribution is -0.136. The number of amides is 3. The highest BCUT2D eigenvalue weighted by atomic mass is 35.5. The Kier molecular flexibility index (Phi) is 12.0. The van der Waals surface area contributed by atoms with Gasteiger partial charge in [-0.15, -0.1) is 0 Å². The summed E-state index contributed by atoms with van der Waals surface area (Å²) in [7, 11) is 0. The van der Waals surface area contributed by atoms with Crippen LogP contribution in [0, 0.1) is 11.3 Å². The summed E-state index contributed by atoms with van der Waals surface area (Å²) in [5.41, 5.74) is 5.11. The second-order valence-electron chi connectivity index (χ2n) is 13.4. The van der Waals surface area contributed by atoms with E-state index in [-0.39, 0.29) is 18.2 Å². The number of rotatable bonds is 15. The van der Waals surface area contributed by atoms with Crippen LogP contribution in [0.25, 0.3) is 0 Å². The molecule has 53 heavy (non-hydrogen) atoms. The minimum absolute atomic E-state index is 0.188. The smallest absolute Gasteiger partial charge is 0.255 e. The summed E-state index contributed by atoms with van der Waals surface area (Å²) in [5.74, 6) is 0.162. The van der Waals surface area contributed by atoms with Gasteiger partial charge in [-0.2, -0.15) is 5.26 Å². The quantitative estimate of drug-likeness (QED) is 0.0626. The maximum Gasteiger partial charge on any atom is 0.255 e. The number of halogens is 1. The number of piperidine rings is 1. The van der Waals surface area contributed by atoms with Crippen molar-refractivity contribution in [2.24, 2.45) is 0 Å². The van der Waals surface area contributed by atoms with E-state index < -0.39 is 17.4 Å². The Balaban J connectivity index is 0.962.